The Morgan fingerprint density at radius 2 is 2.00 bits per heavy atom. The van der Waals surface area contributed by atoms with Crippen LogP contribution < -0.4 is 5.32 Å². The molecule has 0 unspecified atom stereocenters. The molecule has 0 rings (SSSR count). The van der Waals surface area contributed by atoms with Crippen LogP contribution in [0.25, 0.3) is 0 Å². The van der Waals surface area contributed by atoms with E-state index >= 15 is 0 Å². The average molecular weight is 251 g/mol. The molecule has 1 N–H and O–H groups in total. The molecule has 100 valence electrons. The van der Waals surface area contributed by atoms with E-state index in [9.17, 15) is 4.79 Å². The first-order valence-electron chi connectivity index (χ1n) is 5.82. The smallest absolute Gasteiger partial charge is 0.288 e. The van der Waals surface area contributed by atoms with Crippen molar-refractivity contribution in [1.29, 1.82) is 5.26 Å². The lowest BCUT2D eigenvalue weighted by Crippen LogP contribution is -2.43. The molecule has 1 amide bonds. The minimum absolute atomic E-state index is 0.212. The number of allylic oxidation sites excluding steroid dienone is 1. The van der Waals surface area contributed by atoms with Crippen molar-refractivity contribution in [2.75, 3.05) is 7.05 Å². The number of carbonyl (C=O) groups is 1. The van der Waals surface area contributed by atoms with Crippen LogP contribution in [0.4, 0.5) is 0 Å². The van der Waals surface area contributed by atoms with Gasteiger partial charge in [-0.3, -0.25) is 9.79 Å². The molecule has 0 aromatic rings. The summed E-state index contributed by atoms with van der Waals surface area (Å²) >= 11 is 0. The van der Waals surface area contributed by atoms with E-state index in [0.29, 0.717) is 12.3 Å². The second kappa shape index (κ2) is 6.80. The van der Waals surface area contributed by atoms with E-state index < -0.39 is 11.4 Å². The summed E-state index contributed by atoms with van der Waals surface area (Å²) in [5.41, 5.74) is -0.124. The standard InChI is InChI=1S/C13H21N3O2/c1-7-9(2)11(18-10(3)15-6)12(17)16-13(4,5)8-14/h7H2,1-6H3,(H,16,17). The highest BCUT2D eigenvalue weighted by atomic mass is 16.5. The van der Waals surface area contributed by atoms with Crippen LogP contribution in [0.15, 0.2) is 16.3 Å². The maximum absolute atomic E-state index is 12.1. The molecule has 0 radical (unpaired) electrons. The lowest BCUT2D eigenvalue weighted by atomic mass is 10.1. The quantitative estimate of drug-likeness (QED) is 0.360. The van der Waals surface area contributed by atoms with Crippen LogP contribution in [0.1, 0.15) is 41.0 Å². The van der Waals surface area contributed by atoms with E-state index in [0.717, 1.165) is 5.57 Å². The van der Waals surface area contributed by atoms with Crippen LogP contribution >= 0.6 is 0 Å². The summed E-state index contributed by atoms with van der Waals surface area (Å²) in [7, 11) is 1.59. The van der Waals surface area contributed by atoms with Crippen molar-refractivity contribution >= 4 is 11.8 Å². The fraction of sp³-hybridized carbons (Fsp3) is 0.615. The molecule has 0 aromatic heterocycles. The molecule has 0 saturated carbocycles. The number of ether oxygens (including phenoxy) is 1. The molecule has 0 saturated heterocycles. The normalized spacial score (nSPS) is 13.5. The number of rotatable bonds is 4. The van der Waals surface area contributed by atoms with E-state index in [1.807, 2.05) is 19.9 Å². The summed E-state index contributed by atoms with van der Waals surface area (Å²) in [5.74, 6) is 0.218. The van der Waals surface area contributed by atoms with E-state index in [4.69, 9.17) is 10.00 Å². The van der Waals surface area contributed by atoms with Gasteiger partial charge in [-0.25, -0.2) is 0 Å². The van der Waals surface area contributed by atoms with Gasteiger partial charge >= 0.3 is 0 Å². The molecule has 0 fully saturated rings. The van der Waals surface area contributed by atoms with Crippen molar-refractivity contribution in [3.05, 3.63) is 11.3 Å². The Hall–Kier alpha value is -1.83. The number of nitrogens with zero attached hydrogens (tertiary/aromatic N) is 2. The number of nitrogens with one attached hydrogen (secondary N) is 1. The molecule has 0 heterocycles. The van der Waals surface area contributed by atoms with Crippen molar-refractivity contribution in [2.45, 2.75) is 46.6 Å². The number of hydrogen-bond donors (Lipinski definition) is 1. The first-order chi connectivity index (χ1) is 8.27. The highest BCUT2D eigenvalue weighted by molar-refractivity contribution is 5.95. The van der Waals surface area contributed by atoms with Crippen LogP contribution in [0.2, 0.25) is 0 Å². The molecule has 5 heteroatoms. The summed E-state index contributed by atoms with van der Waals surface area (Å²) in [6.45, 7) is 8.68. The second-order valence-electron chi connectivity index (χ2n) is 4.50. The van der Waals surface area contributed by atoms with Gasteiger partial charge in [-0.1, -0.05) is 6.92 Å². The number of aliphatic imine (C=N–C) groups is 1. The molecule has 0 spiro atoms. The van der Waals surface area contributed by atoms with Gasteiger partial charge in [0.25, 0.3) is 5.91 Å². The molecule has 0 aliphatic heterocycles. The SMILES string of the molecule is CCC(C)=C(OC(C)=NC)C(=O)NC(C)(C)C#N. The number of carbonyl (C=O) groups excluding carboxylic acids is 1. The first-order valence-corrected chi connectivity index (χ1v) is 5.82. The second-order valence-corrected chi connectivity index (χ2v) is 4.50. The van der Waals surface area contributed by atoms with Gasteiger partial charge in [0.2, 0.25) is 0 Å². The zero-order valence-electron chi connectivity index (χ0n) is 11.9. The average Bonchev–Trinajstić information content (AvgIpc) is 2.33. The Morgan fingerprint density at radius 1 is 1.44 bits per heavy atom. The summed E-state index contributed by atoms with van der Waals surface area (Å²) in [5, 5.41) is 11.5. The van der Waals surface area contributed by atoms with E-state index in [1.165, 1.54) is 0 Å². The van der Waals surface area contributed by atoms with Gasteiger partial charge in [0.1, 0.15) is 5.54 Å². The summed E-state index contributed by atoms with van der Waals surface area (Å²) in [4.78, 5) is 15.9. The van der Waals surface area contributed by atoms with Gasteiger partial charge in [0.05, 0.1) is 6.07 Å². The summed E-state index contributed by atoms with van der Waals surface area (Å²) in [6.07, 6.45) is 0.687. The third kappa shape index (κ3) is 5.00. The van der Waals surface area contributed by atoms with Crippen LogP contribution in [-0.2, 0) is 9.53 Å². The van der Waals surface area contributed by atoms with Crippen molar-refractivity contribution < 1.29 is 9.53 Å². The van der Waals surface area contributed by atoms with E-state index in [2.05, 4.69) is 10.3 Å². The highest BCUT2D eigenvalue weighted by Crippen LogP contribution is 2.12. The Morgan fingerprint density at radius 3 is 2.39 bits per heavy atom. The fourth-order valence-electron chi connectivity index (χ4n) is 1.05. The molecule has 0 aliphatic rings. The summed E-state index contributed by atoms with van der Waals surface area (Å²) in [6, 6.07) is 2.01. The lowest BCUT2D eigenvalue weighted by molar-refractivity contribution is -0.120. The Balaban J connectivity index is 5.14. The topological polar surface area (TPSA) is 74.5 Å². The van der Waals surface area contributed by atoms with Gasteiger partial charge in [0, 0.05) is 14.0 Å². The zero-order chi connectivity index (χ0) is 14.3. The molecule has 0 atom stereocenters. The van der Waals surface area contributed by atoms with Crippen LogP contribution in [-0.4, -0.2) is 24.4 Å². The Bertz CT molecular complexity index is 414. The van der Waals surface area contributed by atoms with E-state index in [-0.39, 0.29) is 5.76 Å². The minimum atomic E-state index is -0.934. The molecule has 0 aliphatic carbocycles. The van der Waals surface area contributed by atoms with Crippen LogP contribution in [0.5, 0.6) is 0 Å². The predicted octanol–water partition coefficient (Wildman–Crippen LogP) is 2.15. The largest absolute Gasteiger partial charge is 0.438 e. The van der Waals surface area contributed by atoms with Crippen molar-refractivity contribution in [3.63, 3.8) is 0 Å². The third-order valence-corrected chi connectivity index (χ3v) is 2.39. The van der Waals surface area contributed by atoms with Gasteiger partial charge in [-0.2, -0.15) is 5.26 Å². The fourth-order valence-corrected chi connectivity index (χ4v) is 1.05. The van der Waals surface area contributed by atoms with Crippen molar-refractivity contribution in [2.24, 2.45) is 4.99 Å². The third-order valence-electron chi connectivity index (χ3n) is 2.39. The minimum Gasteiger partial charge on any atom is -0.438 e. The van der Waals surface area contributed by atoms with Gasteiger partial charge in [-0.15, -0.1) is 0 Å². The Labute approximate surface area is 109 Å². The van der Waals surface area contributed by atoms with Crippen LogP contribution in [0.3, 0.4) is 0 Å². The van der Waals surface area contributed by atoms with Gasteiger partial charge in [-0.05, 0) is 32.8 Å². The summed E-state index contributed by atoms with van der Waals surface area (Å²) < 4.78 is 5.41. The maximum Gasteiger partial charge on any atom is 0.288 e. The molecule has 0 aromatic carbocycles. The zero-order valence-corrected chi connectivity index (χ0v) is 11.9. The number of nitriles is 1. The highest BCUT2D eigenvalue weighted by Gasteiger charge is 2.24. The number of hydrogen-bond acceptors (Lipinski definition) is 4. The predicted molar refractivity (Wildman–Crippen MR) is 70.9 cm³/mol. The van der Waals surface area contributed by atoms with Crippen molar-refractivity contribution in [1.82, 2.24) is 5.32 Å². The molecule has 18 heavy (non-hydrogen) atoms. The Kier molecular flexibility index (Phi) is 6.11. The first kappa shape index (κ1) is 16.2. The van der Waals surface area contributed by atoms with Crippen molar-refractivity contribution in [3.8, 4) is 6.07 Å². The maximum atomic E-state index is 12.1. The lowest BCUT2D eigenvalue weighted by Gasteiger charge is -2.19. The number of amides is 1. The van der Waals surface area contributed by atoms with Crippen LogP contribution in [0, 0.1) is 11.3 Å². The monoisotopic (exact) mass is 251 g/mol. The molecular weight excluding hydrogens is 230 g/mol. The molecule has 5 nitrogen and oxygen atoms in total. The van der Waals surface area contributed by atoms with Gasteiger partial charge in [0.15, 0.2) is 11.7 Å². The molecule has 0 bridgehead atoms. The molecular formula is C13H21N3O2. The van der Waals surface area contributed by atoms with E-state index in [1.54, 1.807) is 27.8 Å². The van der Waals surface area contributed by atoms with Gasteiger partial charge < -0.3 is 10.1 Å².